The maximum atomic E-state index is 14.3. The Kier molecular flexibility index (Phi) is 8.29. The van der Waals surface area contributed by atoms with Crippen LogP contribution in [0.3, 0.4) is 0 Å². The van der Waals surface area contributed by atoms with Crippen LogP contribution in [0.15, 0.2) is 72.3 Å². The van der Waals surface area contributed by atoms with E-state index in [-0.39, 0.29) is 11.3 Å². The predicted molar refractivity (Wildman–Crippen MR) is 143 cm³/mol. The molecule has 1 fully saturated rings. The number of anilines is 1. The first-order chi connectivity index (χ1) is 17.8. The van der Waals surface area contributed by atoms with Gasteiger partial charge in [0, 0.05) is 22.3 Å². The second-order valence-corrected chi connectivity index (χ2v) is 9.53. The van der Waals surface area contributed by atoms with Gasteiger partial charge in [-0.25, -0.2) is 4.39 Å². The van der Waals surface area contributed by atoms with E-state index < -0.39 is 23.5 Å². The molecule has 1 atom stereocenters. The molecule has 5 nitrogen and oxygen atoms in total. The summed E-state index contributed by atoms with van der Waals surface area (Å²) in [5.41, 5.74) is 1.86. The predicted octanol–water partition coefficient (Wildman–Crippen LogP) is 7.37. The number of unbranched alkanes of at least 4 members (excludes halogenated alkanes) is 3. The van der Waals surface area contributed by atoms with E-state index in [2.05, 4.69) is 6.92 Å². The summed E-state index contributed by atoms with van der Waals surface area (Å²) < 4.78 is 20.3. The molecule has 0 bridgehead atoms. The van der Waals surface area contributed by atoms with Gasteiger partial charge in [0.1, 0.15) is 17.3 Å². The van der Waals surface area contributed by atoms with Crippen LogP contribution in [0.2, 0.25) is 5.02 Å². The Hall–Kier alpha value is -3.64. The molecule has 3 aromatic rings. The van der Waals surface area contributed by atoms with Crippen LogP contribution in [-0.4, -0.2) is 23.4 Å². The Morgan fingerprint density at radius 3 is 2.49 bits per heavy atom. The molecule has 1 saturated heterocycles. The highest BCUT2D eigenvalue weighted by molar-refractivity contribution is 6.51. The van der Waals surface area contributed by atoms with Crippen LogP contribution in [-0.2, 0) is 9.59 Å². The second-order valence-electron chi connectivity index (χ2n) is 9.09. The molecular weight excluding hydrogens is 493 g/mol. The number of carbonyl (C=O) groups excluding carboxylic acids is 2. The van der Waals surface area contributed by atoms with Gasteiger partial charge in [-0.2, -0.15) is 0 Å². The van der Waals surface area contributed by atoms with E-state index in [0.717, 1.165) is 31.2 Å². The number of halogens is 2. The number of hydrogen-bond acceptors (Lipinski definition) is 4. The largest absolute Gasteiger partial charge is 0.507 e. The lowest BCUT2D eigenvalue weighted by Gasteiger charge is -2.26. The van der Waals surface area contributed by atoms with Crippen molar-refractivity contribution >= 4 is 34.7 Å². The van der Waals surface area contributed by atoms with Crippen molar-refractivity contribution in [3.05, 3.63) is 99.8 Å². The fraction of sp³-hybridized carbons (Fsp3) is 0.267. The molecule has 1 amide bonds. The molecule has 192 valence electrons. The first-order valence-corrected chi connectivity index (χ1v) is 12.8. The summed E-state index contributed by atoms with van der Waals surface area (Å²) in [6.45, 7) is 4.59. The highest BCUT2D eigenvalue weighted by Crippen LogP contribution is 2.43. The van der Waals surface area contributed by atoms with Gasteiger partial charge in [-0.15, -0.1) is 0 Å². The third-order valence-corrected chi connectivity index (χ3v) is 6.68. The van der Waals surface area contributed by atoms with Crippen LogP contribution in [0.5, 0.6) is 5.75 Å². The van der Waals surface area contributed by atoms with Gasteiger partial charge in [-0.3, -0.25) is 14.5 Å². The van der Waals surface area contributed by atoms with E-state index in [4.69, 9.17) is 16.3 Å². The van der Waals surface area contributed by atoms with Gasteiger partial charge in [0.05, 0.1) is 18.2 Å². The lowest BCUT2D eigenvalue weighted by Crippen LogP contribution is -2.29. The summed E-state index contributed by atoms with van der Waals surface area (Å²) >= 11 is 5.98. The molecule has 0 aliphatic carbocycles. The molecule has 0 saturated carbocycles. The van der Waals surface area contributed by atoms with Crippen LogP contribution in [0.25, 0.3) is 5.76 Å². The number of hydrogen-bond donors (Lipinski definition) is 1. The van der Waals surface area contributed by atoms with E-state index >= 15 is 0 Å². The quantitative estimate of drug-likeness (QED) is 0.138. The first kappa shape index (κ1) is 26.4. The molecule has 3 aromatic carbocycles. The molecule has 1 aliphatic heterocycles. The summed E-state index contributed by atoms with van der Waals surface area (Å²) in [6.07, 6.45) is 4.23. The fourth-order valence-electron chi connectivity index (χ4n) is 4.46. The van der Waals surface area contributed by atoms with Crippen LogP contribution in [0, 0.1) is 12.7 Å². The normalized spacial score (nSPS) is 16.9. The number of amides is 1. The van der Waals surface area contributed by atoms with Crippen molar-refractivity contribution in [3.8, 4) is 5.75 Å². The maximum Gasteiger partial charge on any atom is 0.300 e. The van der Waals surface area contributed by atoms with Crippen molar-refractivity contribution in [1.82, 2.24) is 0 Å². The molecule has 37 heavy (non-hydrogen) atoms. The summed E-state index contributed by atoms with van der Waals surface area (Å²) in [6, 6.07) is 16.2. The molecule has 0 aromatic heterocycles. The Morgan fingerprint density at radius 2 is 1.78 bits per heavy atom. The first-order valence-electron chi connectivity index (χ1n) is 12.4. The molecule has 0 spiro atoms. The van der Waals surface area contributed by atoms with Gasteiger partial charge >= 0.3 is 0 Å². The number of aliphatic hydroxyl groups excluding tert-OH is 1. The van der Waals surface area contributed by atoms with Gasteiger partial charge in [0.2, 0.25) is 0 Å². The van der Waals surface area contributed by atoms with Gasteiger partial charge < -0.3 is 9.84 Å². The number of ether oxygens (including phenoxy) is 1. The molecule has 4 rings (SSSR count). The van der Waals surface area contributed by atoms with E-state index in [1.807, 2.05) is 13.0 Å². The summed E-state index contributed by atoms with van der Waals surface area (Å²) in [7, 11) is 0. The van der Waals surface area contributed by atoms with E-state index in [9.17, 15) is 19.1 Å². The lowest BCUT2D eigenvalue weighted by molar-refractivity contribution is -0.132. The Bertz CT molecular complexity index is 1340. The summed E-state index contributed by atoms with van der Waals surface area (Å²) in [5, 5.41) is 11.6. The van der Waals surface area contributed by atoms with E-state index in [0.29, 0.717) is 34.2 Å². The number of benzene rings is 3. The van der Waals surface area contributed by atoms with Crippen LogP contribution >= 0.6 is 11.6 Å². The maximum absolute atomic E-state index is 14.3. The van der Waals surface area contributed by atoms with Crippen LogP contribution < -0.4 is 9.64 Å². The monoisotopic (exact) mass is 521 g/mol. The molecule has 1 N–H and O–H groups in total. The molecule has 7 heteroatoms. The Balaban J connectivity index is 1.79. The number of ketones is 1. The average molecular weight is 522 g/mol. The Labute approximate surface area is 221 Å². The van der Waals surface area contributed by atoms with Gasteiger partial charge in [0.15, 0.2) is 0 Å². The van der Waals surface area contributed by atoms with Gasteiger partial charge in [0.25, 0.3) is 11.7 Å². The molecule has 1 aliphatic rings. The number of nitrogens with zero attached hydrogens (tertiary/aromatic N) is 1. The van der Waals surface area contributed by atoms with Crippen LogP contribution in [0.1, 0.15) is 55.3 Å². The topological polar surface area (TPSA) is 66.8 Å². The molecular formula is C30H29ClFNO4. The minimum Gasteiger partial charge on any atom is -0.507 e. The number of Topliss-reactive ketones (excluding diaryl/α,β-unsaturated/α-hetero) is 1. The fourth-order valence-corrected chi connectivity index (χ4v) is 4.59. The summed E-state index contributed by atoms with van der Waals surface area (Å²) in [5.74, 6) is -1.95. The van der Waals surface area contributed by atoms with E-state index in [1.54, 1.807) is 42.5 Å². The van der Waals surface area contributed by atoms with Crippen molar-refractivity contribution in [2.75, 3.05) is 11.5 Å². The average Bonchev–Trinajstić information content (AvgIpc) is 3.15. The number of aliphatic hydroxyl groups is 1. The van der Waals surface area contributed by atoms with Gasteiger partial charge in [-0.1, -0.05) is 56.0 Å². The number of rotatable bonds is 9. The highest BCUT2D eigenvalue weighted by Gasteiger charge is 2.47. The zero-order valence-corrected chi connectivity index (χ0v) is 21.6. The van der Waals surface area contributed by atoms with Crippen molar-refractivity contribution in [2.24, 2.45) is 0 Å². The van der Waals surface area contributed by atoms with Gasteiger partial charge in [-0.05, 0) is 66.9 Å². The minimum atomic E-state index is -1.04. The highest BCUT2D eigenvalue weighted by atomic mass is 35.5. The molecule has 0 radical (unpaired) electrons. The zero-order chi connectivity index (χ0) is 26.5. The Morgan fingerprint density at radius 1 is 1.03 bits per heavy atom. The van der Waals surface area contributed by atoms with E-state index in [1.165, 1.54) is 23.1 Å². The van der Waals surface area contributed by atoms with Crippen molar-refractivity contribution in [2.45, 2.75) is 45.6 Å². The number of carbonyl (C=O) groups is 2. The van der Waals surface area contributed by atoms with Crippen molar-refractivity contribution in [3.63, 3.8) is 0 Å². The summed E-state index contributed by atoms with van der Waals surface area (Å²) in [4.78, 5) is 28.0. The zero-order valence-electron chi connectivity index (χ0n) is 20.8. The van der Waals surface area contributed by atoms with Crippen molar-refractivity contribution < 1.29 is 23.8 Å². The number of aryl methyl sites for hydroxylation is 1. The minimum absolute atomic E-state index is 0.125. The lowest BCUT2D eigenvalue weighted by atomic mass is 9.95. The molecule has 1 heterocycles. The molecule has 1 unspecified atom stereocenters. The third kappa shape index (κ3) is 5.70. The SMILES string of the molecule is CCCCCCOc1cc(N2C(=O)C(=O)/C(=C(/O)c3ccc(Cl)cc3)C2c2cccc(F)c2)ccc1C. The second kappa shape index (κ2) is 11.6. The van der Waals surface area contributed by atoms with Crippen LogP contribution in [0.4, 0.5) is 10.1 Å². The van der Waals surface area contributed by atoms with Crippen molar-refractivity contribution in [1.29, 1.82) is 0 Å². The standard InChI is InChI=1S/C30H29ClFNO4/c1-3-4-5-6-16-37-25-18-24(15-10-19(25)2)33-27(21-8-7-9-23(32)17-21)26(29(35)30(33)36)28(34)20-11-13-22(31)14-12-20/h7-15,17-18,27,34H,3-6,16H2,1-2H3/b28-26+. The smallest absolute Gasteiger partial charge is 0.300 e. The third-order valence-electron chi connectivity index (χ3n) is 6.43.